The summed E-state index contributed by atoms with van der Waals surface area (Å²) in [5.41, 5.74) is 2.70. The Bertz CT molecular complexity index is 874. The van der Waals surface area contributed by atoms with Gasteiger partial charge in [-0.2, -0.15) is 0 Å². The van der Waals surface area contributed by atoms with Gasteiger partial charge in [-0.3, -0.25) is 4.79 Å². The number of para-hydroxylation sites is 1. The number of ether oxygens (including phenoxy) is 2. The van der Waals surface area contributed by atoms with Gasteiger partial charge in [-0.1, -0.05) is 30.3 Å². The van der Waals surface area contributed by atoms with Gasteiger partial charge in [0.15, 0.2) is 0 Å². The van der Waals surface area contributed by atoms with Crippen LogP contribution in [0.3, 0.4) is 0 Å². The first kappa shape index (κ1) is 17.5. The quantitative estimate of drug-likeness (QED) is 0.684. The summed E-state index contributed by atoms with van der Waals surface area (Å²) in [6.07, 6.45) is 0.313. The molecule has 0 aliphatic heterocycles. The van der Waals surface area contributed by atoms with Crippen LogP contribution < -0.4 is 14.8 Å². The number of nitrogens with one attached hydrogen (secondary N) is 1. The van der Waals surface area contributed by atoms with Crippen molar-refractivity contribution in [3.05, 3.63) is 83.9 Å². The highest BCUT2D eigenvalue weighted by Crippen LogP contribution is 2.23. The molecule has 0 spiro atoms. The molecular formula is C22H21NO3. The predicted octanol–water partition coefficient (Wildman–Crippen LogP) is 4.98. The molecule has 3 aromatic carbocycles. The van der Waals surface area contributed by atoms with Gasteiger partial charge < -0.3 is 14.8 Å². The molecule has 132 valence electrons. The third-order valence-electron chi connectivity index (χ3n) is 3.94. The van der Waals surface area contributed by atoms with E-state index in [2.05, 4.69) is 5.32 Å². The standard InChI is InChI=1S/C22H21NO3/c1-16-14-17(8-13-21(16)25-2)15-22(24)23-18-9-11-20(12-10-18)26-19-6-4-3-5-7-19/h3-14H,15H2,1-2H3,(H,23,24). The summed E-state index contributed by atoms with van der Waals surface area (Å²) in [7, 11) is 1.64. The van der Waals surface area contributed by atoms with Crippen molar-refractivity contribution in [2.45, 2.75) is 13.3 Å². The average Bonchev–Trinajstić information content (AvgIpc) is 2.64. The Hall–Kier alpha value is -3.27. The summed E-state index contributed by atoms with van der Waals surface area (Å²) >= 11 is 0. The lowest BCUT2D eigenvalue weighted by Gasteiger charge is -2.09. The smallest absolute Gasteiger partial charge is 0.228 e. The van der Waals surface area contributed by atoms with Crippen molar-refractivity contribution >= 4 is 11.6 Å². The van der Waals surface area contributed by atoms with E-state index < -0.39 is 0 Å². The second kappa shape index (κ2) is 8.21. The van der Waals surface area contributed by atoms with Crippen LogP contribution in [0.5, 0.6) is 17.2 Å². The Kier molecular flexibility index (Phi) is 5.54. The van der Waals surface area contributed by atoms with Crippen molar-refractivity contribution in [3.8, 4) is 17.2 Å². The first-order chi connectivity index (χ1) is 12.6. The highest BCUT2D eigenvalue weighted by Gasteiger charge is 2.07. The van der Waals surface area contributed by atoms with Crippen molar-refractivity contribution in [1.82, 2.24) is 0 Å². The van der Waals surface area contributed by atoms with Crippen LogP contribution in [0, 0.1) is 6.92 Å². The number of carbonyl (C=O) groups is 1. The molecule has 3 aromatic rings. The second-order valence-electron chi connectivity index (χ2n) is 5.97. The minimum Gasteiger partial charge on any atom is -0.496 e. The Morgan fingerprint density at radius 1 is 0.923 bits per heavy atom. The first-order valence-corrected chi connectivity index (χ1v) is 8.40. The molecule has 0 aliphatic rings. The fourth-order valence-corrected chi connectivity index (χ4v) is 2.67. The van der Waals surface area contributed by atoms with E-state index in [-0.39, 0.29) is 5.91 Å². The zero-order valence-electron chi connectivity index (χ0n) is 14.9. The van der Waals surface area contributed by atoms with E-state index in [1.54, 1.807) is 7.11 Å². The Balaban J connectivity index is 1.58. The average molecular weight is 347 g/mol. The highest BCUT2D eigenvalue weighted by atomic mass is 16.5. The number of hydrogen-bond donors (Lipinski definition) is 1. The summed E-state index contributed by atoms with van der Waals surface area (Å²) in [6, 6.07) is 22.7. The summed E-state index contributed by atoms with van der Waals surface area (Å²) in [5.74, 6) is 2.26. The molecule has 0 aliphatic carbocycles. The molecule has 0 bridgehead atoms. The molecule has 4 nitrogen and oxygen atoms in total. The largest absolute Gasteiger partial charge is 0.496 e. The van der Waals surface area contributed by atoms with Crippen LogP contribution in [-0.2, 0) is 11.2 Å². The Morgan fingerprint density at radius 3 is 2.27 bits per heavy atom. The van der Waals surface area contributed by atoms with Crippen LogP contribution in [0.25, 0.3) is 0 Å². The maximum Gasteiger partial charge on any atom is 0.228 e. The lowest BCUT2D eigenvalue weighted by atomic mass is 10.1. The fraction of sp³-hybridized carbons (Fsp3) is 0.136. The monoisotopic (exact) mass is 347 g/mol. The molecule has 0 fully saturated rings. The van der Waals surface area contributed by atoms with Crippen LogP contribution in [0.1, 0.15) is 11.1 Å². The van der Waals surface area contributed by atoms with Gasteiger partial charge in [0.1, 0.15) is 17.2 Å². The number of amides is 1. The summed E-state index contributed by atoms with van der Waals surface area (Å²) in [5, 5.41) is 2.90. The molecular weight excluding hydrogens is 326 g/mol. The maximum absolute atomic E-state index is 12.2. The number of hydrogen-bond acceptors (Lipinski definition) is 3. The molecule has 0 atom stereocenters. The zero-order chi connectivity index (χ0) is 18.4. The molecule has 0 saturated heterocycles. The molecule has 0 saturated carbocycles. The van der Waals surface area contributed by atoms with Crippen LogP contribution in [0.2, 0.25) is 0 Å². The molecule has 26 heavy (non-hydrogen) atoms. The molecule has 0 unspecified atom stereocenters. The second-order valence-corrected chi connectivity index (χ2v) is 5.97. The summed E-state index contributed by atoms with van der Waals surface area (Å²) in [4.78, 5) is 12.2. The first-order valence-electron chi connectivity index (χ1n) is 8.40. The number of methoxy groups -OCH3 is 1. The van der Waals surface area contributed by atoms with Gasteiger partial charge >= 0.3 is 0 Å². The fourth-order valence-electron chi connectivity index (χ4n) is 2.67. The highest BCUT2D eigenvalue weighted by molar-refractivity contribution is 5.92. The topological polar surface area (TPSA) is 47.6 Å². The van der Waals surface area contributed by atoms with E-state index in [0.717, 1.165) is 34.1 Å². The number of carbonyl (C=O) groups excluding carboxylic acids is 1. The van der Waals surface area contributed by atoms with Crippen molar-refractivity contribution in [2.24, 2.45) is 0 Å². The number of anilines is 1. The van der Waals surface area contributed by atoms with Crippen LogP contribution in [0.15, 0.2) is 72.8 Å². The molecule has 0 aromatic heterocycles. The van der Waals surface area contributed by atoms with Gasteiger partial charge in [0, 0.05) is 5.69 Å². The molecule has 0 heterocycles. The third-order valence-corrected chi connectivity index (χ3v) is 3.94. The Morgan fingerprint density at radius 2 is 1.62 bits per heavy atom. The molecule has 1 N–H and O–H groups in total. The van der Waals surface area contributed by atoms with E-state index in [1.165, 1.54) is 0 Å². The lowest BCUT2D eigenvalue weighted by molar-refractivity contribution is -0.115. The molecule has 0 radical (unpaired) electrons. The van der Waals surface area contributed by atoms with Crippen LogP contribution in [0.4, 0.5) is 5.69 Å². The van der Waals surface area contributed by atoms with Crippen LogP contribution in [-0.4, -0.2) is 13.0 Å². The summed E-state index contributed by atoms with van der Waals surface area (Å²) < 4.78 is 11.0. The number of aryl methyl sites for hydroxylation is 1. The lowest BCUT2D eigenvalue weighted by Crippen LogP contribution is -2.14. The minimum atomic E-state index is -0.0636. The van der Waals surface area contributed by atoms with Crippen molar-refractivity contribution < 1.29 is 14.3 Å². The van der Waals surface area contributed by atoms with Gasteiger partial charge in [-0.05, 0) is 60.5 Å². The number of benzene rings is 3. The third kappa shape index (κ3) is 4.63. The van der Waals surface area contributed by atoms with E-state index in [4.69, 9.17) is 9.47 Å². The SMILES string of the molecule is COc1ccc(CC(=O)Nc2ccc(Oc3ccccc3)cc2)cc1C. The van der Waals surface area contributed by atoms with Crippen molar-refractivity contribution in [2.75, 3.05) is 12.4 Å². The normalized spacial score (nSPS) is 10.2. The maximum atomic E-state index is 12.2. The van der Waals surface area contributed by atoms with Crippen molar-refractivity contribution in [3.63, 3.8) is 0 Å². The predicted molar refractivity (Wildman–Crippen MR) is 103 cm³/mol. The summed E-state index contributed by atoms with van der Waals surface area (Å²) in [6.45, 7) is 1.96. The molecule has 4 heteroatoms. The minimum absolute atomic E-state index is 0.0636. The van der Waals surface area contributed by atoms with E-state index in [1.807, 2.05) is 79.7 Å². The van der Waals surface area contributed by atoms with Gasteiger partial charge in [0.05, 0.1) is 13.5 Å². The van der Waals surface area contributed by atoms with E-state index in [0.29, 0.717) is 6.42 Å². The van der Waals surface area contributed by atoms with Gasteiger partial charge in [-0.25, -0.2) is 0 Å². The molecule has 3 rings (SSSR count). The molecule has 1 amide bonds. The van der Waals surface area contributed by atoms with E-state index >= 15 is 0 Å². The van der Waals surface area contributed by atoms with E-state index in [9.17, 15) is 4.79 Å². The zero-order valence-corrected chi connectivity index (χ0v) is 14.9. The van der Waals surface area contributed by atoms with Gasteiger partial charge in [-0.15, -0.1) is 0 Å². The van der Waals surface area contributed by atoms with Gasteiger partial charge in [0.25, 0.3) is 0 Å². The van der Waals surface area contributed by atoms with Crippen LogP contribution >= 0.6 is 0 Å². The Labute approximate surface area is 153 Å². The van der Waals surface area contributed by atoms with Gasteiger partial charge in [0.2, 0.25) is 5.91 Å². The van der Waals surface area contributed by atoms with Crippen molar-refractivity contribution in [1.29, 1.82) is 0 Å². The number of rotatable bonds is 6.